The van der Waals surface area contributed by atoms with E-state index in [9.17, 15) is 18.0 Å². The number of halogens is 3. The molecule has 202 valence electrons. The molecule has 3 heterocycles. The normalized spacial score (nSPS) is 12.2. The van der Waals surface area contributed by atoms with Crippen LogP contribution in [0.2, 0.25) is 0 Å². The lowest BCUT2D eigenvalue weighted by molar-refractivity contribution is -0.143. The van der Waals surface area contributed by atoms with Gasteiger partial charge in [0.1, 0.15) is 11.6 Å². The number of benzene rings is 2. The fraction of sp³-hybridized carbons (Fsp3) is 0.250. The number of hydrogen-bond acceptors (Lipinski definition) is 6. The highest BCUT2D eigenvalue weighted by Gasteiger charge is 2.22. The van der Waals surface area contributed by atoms with Crippen LogP contribution in [-0.4, -0.2) is 32.3 Å². The predicted octanol–water partition coefficient (Wildman–Crippen LogP) is 6.88. The highest BCUT2D eigenvalue weighted by molar-refractivity contribution is 7.12. The number of H-pyrrole nitrogens is 1. The van der Waals surface area contributed by atoms with Crippen LogP contribution < -0.4 is 4.74 Å². The highest BCUT2D eigenvalue weighted by atomic mass is 32.1. The number of nitrogens with one attached hydrogen (secondary N) is 1. The van der Waals surface area contributed by atoms with Gasteiger partial charge in [0.25, 0.3) is 0 Å². The highest BCUT2D eigenvalue weighted by Crippen LogP contribution is 2.36. The van der Waals surface area contributed by atoms with Crippen molar-refractivity contribution in [3.8, 4) is 22.9 Å². The van der Waals surface area contributed by atoms with Crippen LogP contribution in [0.15, 0.2) is 48.7 Å². The number of aryl methyl sites for hydroxylation is 2. The number of esters is 1. The molecule has 0 aliphatic heterocycles. The molecule has 0 amide bonds. The average Bonchev–Trinajstić information content (AvgIpc) is 3.66. The minimum Gasteiger partial charge on any atom is -0.466 e. The largest absolute Gasteiger partial charge is 0.466 e. The van der Waals surface area contributed by atoms with Gasteiger partial charge in [-0.1, -0.05) is 6.92 Å². The van der Waals surface area contributed by atoms with Crippen LogP contribution in [0.3, 0.4) is 0 Å². The minimum atomic E-state index is -0.888. The summed E-state index contributed by atoms with van der Waals surface area (Å²) in [4.78, 5) is 21.0. The fourth-order valence-electron chi connectivity index (χ4n) is 4.23. The molecule has 0 aliphatic carbocycles. The van der Waals surface area contributed by atoms with Crippen molar-refractivity contribution in [2.45, 2.75) is 32.6 Å². The van der Waals surface area contributed by atoms with Gasteiger partial charge < -0.3 is 14.5 Å². The van der Waals surface area contributed by atoms with E-state index in [0.717, 1.165) is 21.9 Å². The number of aromatic amines is 1. The zero-order chi connectivity index (χ0) is 27.7. The molecule has 0 saturated carbocycles. The number of hydrogen-bond donors (Lipinski definition) is 1. The molecule has 0 saturated heterocycles. The van der Waals surface area contributed by atoms with E-state index in [0.29, 0.717) is 30.8 Å². The van der Waals surface area contributed by atoms with Crippen molar-refractivity contribution in [2.75, 3.05) is 6.61 Å². The van der Waals surface area contributed by atoms with E-state index in [2.05, 4.69) is 15.1 Å². The van der Waals surface area contributed by atoms with Crippen LogP contribution in [0.5, 0.6) is 11.5 Å². The third-order valence-electron chi connectivity index (χ3n) is 6.26. The van der Waals surface area contributed by atoms with Crippen LogP contribution >= 0.6 is 11.3 Å². The first-order valence-corrected chi connectivity index (χ1v) is 13.1. The van der Waals surface area contributed by atoms with Crippen molar-refractivity contribution in [3.63, 3.8) is 0 Å². The first kappa shape index (κ1) is 26.5. The van der Waals surface area contributed by atoms with E-state index >= 15 is 0 Å². The van der Waals surface area contributed by atoms with Crippen LogP contribution in [0.25, 0.3) is 22.3 Å². The maximum Gasteiger partial charge on any atom is 0.306 e. The van der Waals surface area contributed by atoms with Crippen LogP contribution in [0.4, 0.5) is 13.2 Å². The molecule has 2 aromatic carbocycles. The van der Waals surface area contributed by atoms with Crippen LogP contribution in [-0.2, 0) is 23.0 Å². The number of carbonyl (C=O) groups is 1. The molecule has 0 bridgehead atoms. The summed E-state index contributed by atoms with van der Waals surface area (Å²) in [6.45, 7) is 4.07. The number of fused-ring (bicyclic) bond motifs is 1. The minimum absolute atomic E-state index is 0.0428. The zero-order valence-corrected chi connectivity index (χ0v) is 22.2. The second-order valence-electron chi connectivity index (χ2n) is 8.93. The van der Waals surface area contributed by atoms with Gasteiger partial charge in [0.05, 0.1) is 30.0 Å². The van der Waals surface area contributed by atoms with E-state index in [1.807, 2.05) is 19.1 Å². The third-order valence-corrected chi connectivity index (χ3v) is 7.59. The Morgan fingerprint density at radius 3 is 2.74 bits per heavy atom. The fourth-order valence-corrected chi connectivity index (χ4v) is 5.29. The molecule has 0 spiro atoms. The zero-order valence-electron chi connectivity index (χ0n) is 21.4. The Morgan fingerprint density at radius 2 is 1.95 bits per heavy atom. The summed E-state index contributed by atoms with van der Waals surface area (Å²) in [6, 6.07) is 10.3. The van der Waals surface area contributed by atoms with Crippen LogP contribution in [0.1, 0.15) is 41.8 Å². The van der Waals surface area contributed by atoms with Gasteiger partial charge >= 0.3 is 5.97 Å². The molecule has 0 aliphatic rings. The summed E-state index contributed by atoms with van der Waals surface area (Å²) in [5.74, 6) is -2.58. The van der Waals surface area contributed by atoms with E-state index in [4.69, 9.17) is 9.47 Å². The van der Waals surface area contributed by atoms with Gasteiger partial charge in [-0.2, -0.15) is 5.10 Å². The summed E-state index contributed by atoms with van der Waals surface area (Å²) >= 11 is 1.55. The molecule has 39 heavy (non-hydrogen) atoms. The molecule has 7 nitrogen and oxygen atoms in total. The third kappa shape index (κ3) is 5.40. The Bertz CT molecular complexity index is 1660. The molecule has 3 aromatic heterocycles. The smallest absolute Gasteiger partial charge is 0.306 e. The molecule has 0 fully saturated rings. The van der Waals surface area contributed by atoms with Gasteiger partial charge in [-0.3, -0.25) is 4.79 Å². The topological polar surface area (TPSA) is 82.0 Å². The Kier molecular flexibility index (Phi) is 7.42. The van der Waals surface area contributed by atoms with Gasteiger partial charge in [0, 0.05) is 34.5 Å². The quantitative estimate of drug-likeness (QED) is 0.201. The van der Waals surface area contributed by atoms with E-state index in [1.54, 1.807) is 25.3 Å². The summed E-state index contributed by atoms with van der Waals surface area (Å²) in [5, 5.41) is 4.67. The summed E-state index contributed by atoms with van der Waals surface area (Å²) in [7, 11) is 1.64. The monoisotopic (exact) mass is 554 g/mol. The summed E-state index contributed by atoms with van der Waals surface area (Å²) in [6.07, 6.45) is 2.38. The van der Waals surface area contributed by atoms with Gasteiger partial charge in [0.15, 0.2) is 29.0 Å². The standard InChI is InChI=1S/C28H25F3N4O3S/c1-4-37-24(36)10-7-17-6-9-23(39-17)15(2)27-33-28(35(3)34-27)19-13-16(5-8-20(19)29)38-26-21(30)14-22-18(25(26)31)11-12-32-22/h5-6,8-9,11-15,32H,4,7,10H2,1-3H3/t15-/m0/s1. The number of thiophene rings is 1. The molecule has 0 radical (unpaired) electrons. The number of carbonyl (C=O) groups excluding carboxylic acids is 1. The summed E-state index contributed by atoms with van der Waals surface area (Å²) < 4.78 is 56.4. The van der Waals surface area contributed by atoms with Crippen molar-refractivity contribution in [1.29, 1.82) is 0 Å². The average molecular weight is 555 g/mol. The molecule has 5 rings (SSSR count). The number of aromatic nitrogens is 4. The molecule has 0 unspecified atom stereocenters. The van der Waals surface area contributed by atoms with Crippen molar-refractivity contribution < 1.29 is 27.4 Å². The van der Waals surface area contributed by atoms with Crippen LogP contribution in [0, 0.1) is 17.5 Å². The van der Waals surface area contributed by atoms with Crippen molar-refractivity contribution in [3.05, 3.63) is 81.7 Å². The second kappa shape index (κ2) is 10.9. The first-order chi connectivity index (χ1) is 18.7. The first-order valence-electron chi connectivity index (χ1n) is 12.3. The van der Waals surface area contributed by atoms with E-state index < -0.39 is 23.2 Å². The summed E-state index contributed by atoms with van der Waals surface area (Å²) in [5.41, 5.74) is 0.375. The second-order valence-corrected chi connectivity index (χ2v) is 10.1. The van der Waals surface area contributed by atoms with Gasteiger partial charge in [-0.15, -0.1) is 11.3 Å². The lowest BCUT2D eigenvalue weighted by Crippen LogP contribution is -2.04. The number of ether oxygens (including phenoxy) is 2. The number of rotatable bonds is 9. The van der Waals surface area contributed by atoms with E-state index in [-0.39, 0.29) is 34.4 Å². The lowest BCUT2D eigenvalue weighted by Gasteiger charge is -2.10. The van der Waals surface area contributed by atoms with E-state index in [1.165, 1.54) is 29.1 Å². The maximum atomic E-state index is 14.9. The van der Waals surface area contributed by atoms with Gasteiger partial charge in [-0.25, -0.2) is 22.8 Å². The Morgan fingerprint density at radius 1 is 1.13 bits per heavy atom. The maximum absolute atomic E-state index is 14.9. The van der Waals surface area contributed by atoms with Crippen molar-refractivity contribution in [1.82, 2.24) is 19.7 Å². The molecular formula is C28H25F3N4O3S. The Balaban J connectivity index is 1.38. The molecular weight excluding hydrogens is 529 g/mol. The number of nitrogens with zero attached hydrogens (tertiary/aromatic N) is 3. The SMILES string of the molecule is CCOC(=O)CCc1ccc([C@H](C)c2nc(-c3cc(Oc4c(F)cc5[nH]ccc5c4F)ccc3F)n(C)n2)s1. The molecule has 11 heteroatoms. The Hall–Kier alpha value is -4.12. The van der Waals surface area contributed by atoms with Crippen molar-refractivity contribution in [2.24, 2.45) is 7.05 Å². The lowest BCUT2D eigenvalue weighted by atomic mass is 10.1. The molecule has 1 atom stereocenters. The van der Waals surface area contributed by atoms with Gasteiger partial charge in [-0.05, 0) is 49.7 Å². The molecule has 5 aromatic rings. The Labute approximate surface area is 226 Å². The van der Waals surface area contributed by atoms with Crippen molar-refractivity contribution >= 4 is 28.2 Å². The predicted molar refractivity (Wildman–Crippen MR) is 141 cm³/mol. The molecule has 1 N–H and O–H groups in total. The van der Waals surface area contributed by atoms with Gasteiger partial charge in [0.2, 0.25) is 0 Å².